The number of aromatic nitrogens is 2. The van der Waals surface area contributed by atoms with Crippen molar-refractivity contribution in [3.63, 3.8) is 0 Å². The largest absolute Gasteiger partial charge is 0.381 e. The Morgan fingerprint density at radius 3 is 2.30 bits per heavy atom. The Morgan fingerprint density at radius 1 is 1.11 bits per heavy atom. The minimum Gasteiger partial charge on any atom is -0.381 e. The average Bonchev–Trinajstić information content (AvgIpc) is 3.03. The van der Waals surface area contributed by atoms with Crippen molar-refractivity contribution < 1.29 is 9.47 Å². The number of fused-ring (bicyclic) bond motifs is 1. The molecule has 0 atom stereocenters. The van der Waals surface area contributed by atoms with E-state index in [4.69, 9.17) is 9.47 Å². The standard InChI is InChI=1S/C9H9Br2N3.C9H20O2.C2H6/c1-2-12-9-13-7-3-5(10)6(11)4-8(7)14-9;1-5-7-11-8-6-9(2,3)10-4;1-2/h3-4H,2H2,1H3,(H2,12,13,14);5-8H2,1-4H3;1-2H3. The maximum atomic E-state index is 5.34. The maximum Gasteiger partial charge on any atom is 0.201 e. The van der Waals surface area contributed by atoms with Gasteiger partial charge in [-0.3, -0.25) is 0 Å². The summed E-state index contributed by atoms with van der Waals surface area (Å²) in [6.07, 6.45) is 2.05. The first-order chi connectivity index (χ1) is 12.8. The van der Waals surface area contributed by atoms with Crippen molar-refractivity contribution in [1.82, 2.24) is 9.97 Å². The molecule has 2 N–H and O–H groups in total. The number of ether oxygens (including phenoxy) is 2. The first-order valence-electron chi connectivity index (χ1n) is 9.54. The number of nitrogens with one attached hydrogen (secondary N) is 2. The van der Waals surface area contributed by atoms with E-state index in [1.54, 1.807) is 7.11 Å². The zero-order valence-corrected chi connectivity index (χ0v) is 20.9. The second-order valence-corrected chi connectivity index (χ2v) is 7.93. The van der Waals surface area contributed by atoms with Crippen molar-refractivity contribution in [1.29, 1.82) is 0 Å². The second kappa shape index (κ2) is 14.4. The number of rotatable bonds is 8. The molecular formula is C20H35Br2N3O2. The van der Waals surface area contributed by atoms with Crippen LogP contribution in [0.5, 0.6) is 0 Å². The number of benzene rings is 1. The van der Waals surface area contributed by atoms with Gasteiger partial charge in [-0.25, -0.2) is 4.98 Å². The highest BCUT2D eigenvalue weighted by Crippen LogP contribution is 2.28. The molecule has 0 aliphatic rings. The highest BCUT2D eigenvalue weighted by atomic mass is 79.9. The summed E-state index contributed by atoms with van der Waals surface area (Å²) in [4.78, 5) is 7.58. The van der Waals surface area contributed by atoms with Gasteiger partial charge in [0.25, 0.3) is 0 Å². The molecule has 0 aliphatic heterocycles. The summed E-state index contributed by atoms with van der Waals surface area (Å²) in [6.45, 7) is 14.8. The number of hydrogen-bond donors (Lipinski definition) is 2. The molecule has 1 heterocycles. The lowest BCUT2D eigenvalue weighted by Gasteiger charge is -2.22. The van der Waals surface area contributed by atoms with Crippen LogP contribution in [0.4, 0.5) is 5.95 Å². The quantitative estimate of drug-likeness (QED) is 0.386. The Bertz CT molecular complexity index is 606. The van der Waals surface area contributed by atoms with Gasteiger partial charge < -0.3 is 19.8 Å². The van der Waals surface area contributed by atoms with Crippen LogP contribution in [0, 0.1) is 0 Å². The van der Waals surface area contributed by atoms with Crippen molar-refractivity contribution in [2.24, 2.45) is 0 Å². The van der Waals surface area contributed by atoms with Gasteiger partial charge >= 0.3 is 0 Å². The van der Waals surface area contributed by atoms with Gasteiger partial charge in [0.2, 0.25) is 5.95 Å². The van der Waals surface area contributed by atoms with Crippen molar-refractivity contribution in [3.8, 4) is 0 Å². The summed E-state index contributed by atoms with van der Waals surface area (Å²) in [5, 5.41) is 3.14. The van der Waals surface area contributed by atoms with Crippen LogP contribution in [-0.2, 0) is 9.47 Å². The van der Waals surface area contributed by atoms with Crippen molar-refractivity contribution in [2.75, 3.05) is 32.2 Å². The number of nitrogens with zero attached hydrogens (tertiary/aromatic N) is 1. The highest BCUT2D eigenvalue weighted by Gasteiger charge is 2.15. The smallest absolute Gasteiger partial charge is 0.201 e. The molecule has 27 heavy (non-hydrogen) atoms. The van der Waals surface area contributed by atoms with Crippen LogP contribution < -0.4 is 5.32 Å². The molecule has 2 aromatic rings. The Labute approximate surface area is 181 Å². The Kier molecular flexibility index (Phi) is 14.0. The fraction of sp³-hybridized carbons (Fsp3) is 0.650. The normalized spacial score (nSPS) is 10.7. The van der Waals surface area contributed by atoms with Crippen molar-refractivity contribution in [2.45, 2.75) is 60.0 Å². The van der Waals surface area contributed by atoms with E-state index >= 15 is 0 Å². The molecule has 0 radical (unpaired) electrons. The van der Waals surface area contributed by atoms with E-state index in [-0.39, 0.29) is 5.60 Å². The predicted molar refractivity (Wildman–Crippen MR) is 124 cm³/mol. The number of hydrogen-bond acceptors (Lipinski definition) is 4. The van der Waals surface area contributed by atoms with Gasteiger partial charge in [0.05, 0.1) is 16.6 Å². The topological polar surface area (TPSA) is 59.2 Å². The van der Waals surface area contributed by atoms with E-state index < -0.39 is 0 Å². The minimum absolute atomic E-state index is 0.0340. The number of aromatic amines is 1. The van der Waals surface area contributed by atoms with Crippen LogP contribution in [0.1, 0.15) is 54.4 Å². The highest BCUT2D eigenvalue weighted by molar-refractivity contribution is 9.13. The van der Waals surface area contributed by atoms with Crippen LogP contribution >= 0.6 is 31.9 Å². The molecule has 0 aliphatic carbocycles. The Hall–Kier alpha value is -0.630. The first kappa shape index (κ1) is 26.4. The molecule has 0 amide bonds. The summed E-state index contributed by atoms with van der Waals surface area (Å²) in [5.74, 6) is 0.813. The summed E-state index contributed by atoms with van der Waals surface area (Å²) >= 11 is 6.89. The molecule has 0 spiro atoms. The van der Waals surface area contributed by atoms with Crippen LogP contribution in [0.2, 0.25) is 0 Å². The molecule has 0 saturated carbocycles. The van der Waals surface area contributed by atoms with E-state index in [1.807, 2.05) is 32.9 Å². The van der Waals surface area contributed by atoms with Gasteiger partial charge in [0, 0.05) is 35.8 Å². The summed E-state index contributed by atoms with van der Waals surface area (Å²) < 4.78 is 12.6. The van der Waals surface area contributed by atoms with Crippen LogP contribution in [0.15, 0.2) is 21.1 Å². The third-order valence-corrected chi connectivity index (χ3v) is 5.46. The Morgan fingerprint density at radius 2 is 1.74 bits per heavy atom. The van der Waals surface area contributed by atoms with Crippen LogP contribution in [0.25, 0.3) is 11.0 Å². The summed E-state index contributed by atoms with van der Waals surface area (Å²) in [6, 6.07) is 3.99. The third-order valence-electron chi connectivity index (χ3n) is 3.62. The van der Waals surface area contributed by atoms with Gasteiger partial charge in [-0.15, -0.1) is 0 Å². The van der Waals surface area contributed by atoms with Crippen molar-refractivity contribution in [3.05, 3.63) is 21.1 Å². The Balaban J connectivity index is 0.000000473. The molecule has 0 fully saturated rings. The van der Waals surface area contributed by atoms with Gasteiger partial charge in [0.15, 0.2) is 0 Å². The predicted octanol–water partition coefficient (Wildman–Crippen LogP) is 6.77. The molecule has 1 aromatic heterocycles. The molecule has 156 valence electrons. The van der Waals surface area contributed by atoms with E-state index in [9.17, 15) is 0 Å². The number of anilines is 1. The number of methoxy groups -OCH3 is 1. The molecule has 7 heteroatoms. The molecule has 2 rings (SSSR count). The van der Waals surface area contributed by atoms with Gasteiger partial charge in [-0.2, -0.15) is 0 Å². The molecule has 5 nitrogen and oxygen atoms in total. The molecule has 1 aromatic carbocycles. The van der Waals surface area contributed by atoms with Crippen LogP contribution in [0.3, 0.4) is 0 Å². The zero-order chi connectivity index (χ0) is 20.9. The van der Waals surface area contributed by atoms with Gasteiger partial charge in [-0.05, 0) is 77.6 Å². The zero-order valence-electron chi connectivity index (χ0n) is 17.7. The summed E-state index contributed by atoms with van der Waals surface area (Å²) in [5.41, 5.74) is 1.94. The third kappa shape index (κ3) is 10.5. The fourth-order valence-corrected chi connectivity index (χ4v) is 2.60. The SMILES string of the molecule is CC.CCCOCCC(C)(C)OC.CCNc1nc2cc(Br)c(Br)cc2[nH]1. The van der Waals surface area contributed by atoms with Crippen molar-refractivity contribution >= 4 is 48.8 Å². The second-order valence-electron chi connectivity index (χ2n) is 6.23. The average molecular weight is 509 g/mol. The van der Waals surface area contributed by atoms with E-state index in [2.05, 4.69) is 67.9 Å². The monoisotopic (exact) mass is 507 g/mol. The number of imidazole rings is 1. The molecular weight excluding hydrogens is 474 g/mol. The maximum absolute atomic E-state index is 5.34. The van der Waals surface area contributed by atoms with Gasteiger partial charge in [-0.1, -0.05) is 20.8 Å². The van der Waals surface area contributed by atoms with E-state index in [1.165, 1.54) is 0 Å². The summed E-state index contributed by atoms with van der Waals surface area (Å²) in [7, 11) is 1.74. The lowest BCUT2D eigenvalue weighted by molar-refractivity contribution is -0.00967. The van der Waals surface area contributed by atoms with E-state index in [0.29, 0.717) is 0 Å². The molecule has 0 bridgehead atoms. The lowest BCUT2D eigenvalue weighted by Crippen LogP contribution is -2.24. The van der Waals surface area contributed by atoms with E-state index in [0.717, 1.165) is 58.5 Å². The molecule has 0 saturated heterocycles. The minimum atomic E-state index is -0.0340. The van der Waals surface area contributed by atoms with Crippen LogP contribution in [-0.4, -0.2) is 42.4 Å². The number of H-pyrrole nitrogens is 1. The molecule has 0 unspecified atom stereocenters. The van der Waals surface area contributed by atoms with Gasteiger partial charge in [0.1, 0.15) is 0 Å². The fourth-order valence-electron chi connectivity index (χ4n) is 1.92. The number of halogens is 2. The first-order valence-corrected chi connectivity index (χ1v) is 11.1. The lowest BCUT2D eigenvalue weighted by atomic mass is 10.1.